The largest absolute Gasteiger partial charge is 0.460 e. The molecule has 1 aromatic carbocycles. The van der Waals surface area contributed by atoms with Gasteiger partial charge in [-0.15, -0.1) is 0 Å². The Morgan fingerprint density at radius 1 is 0.953 bits per heavy atom. The summed E-state index contributed by atoms with van der Waals surface area (Å²) in [5.41, 5.74) is 3.37. The van der Waals surface area contributed by atoms with Crippen LogP contribution in [-0.4, -0.2) is 95.0 Å². The Morgan fingerprint density at radius 2 is 1.61 bits per heavy atom. The first kappa shape index (κ1) is 51.5. The van der Waals surface area contributed by atoms with Gasteiger partial charge in [-0.2, -0.15) is 0 Å². The molecule has 1 aliphatic heterocycles. The van der Waals surface area contributed by atoms with Crippen LogP contribution in [0.4, 0.5) is 4.79 Å². The van der Waals surface area contributed by atoms with E-state index >= 15 is 0 Å². The zero-order valence-corrected chi connectivity index (χ0v) is 42.0. The molecule has 18 heteroatoms. The van der Waals surface area contributed by atoms with Crippen LogP contribution in [-0.2, 0) is 37.8 Å². The number of fused-ring (bicyclic) bond motifs is 1. The minimum absolute atomic E-state index is 0.0157. The number of benzene rings is 1. The van der Waals surface area contributed by atoms with Gasteiger partial charge in [-0.05, 0) is 122 Å². The molecule has 2 aromatic rings. The molecule has 354 valence electrons. The van der Waals surface area contributed by atoms with Crippen LogP contribution in [0.2, 0.25) is 18.1 Å². The van der Waals surface area contributed by atoms with E-state index in [9.17, 15) is 24.0 Å². The smallest absolute Gasteiger partial charge is 0.408 e. The molecule has 1 unspecified atom stereocenters. The number of ether oxygens (including phenoxy) is 3. The molecule has 1 saturated heterocycles. The Morgan fingerprint density at radius 3 is 2.22 bits per heavy atom. The Labute approximate surface area is 393 Å². The van der Waals surface area contributed by atoms with Gasteiger partial charge in [0, 0.05) is 24.0 Å². The molecule has 3 fully saturated rings. The molecular weight excluding hydrogens is 901 g/mol. The molecule has 1 aromatic heterocycles. The lowest BCUT2D eigenvalue weighted by molar-refractivity contribution is -0.167. The van der Waals surface area contributed by atoms with Gasteiger partial charge in [-0.1, -0.05) is 85.9 Å². The van der Waals surface area contributed by atoms with Gasteiger partial charge < -0.3 is 29.3 Å². The second-order valence-corrected chi connectivity index (χ2v) is 27.3. The van der Waals surface area contributed by atoms with E-state index in [4.69, 9.17) is 58.4 Å². The van der Waals surface area contributed by atoms with Crippen molar-refractivity contribution in [2.45, 2.75) is 165 Å². The molecule has 2 heterocycles. The van der Waals surface area contributed by atoms with Gasteiger partial charge in [0.1, 0.15) is 24.3 Å². The maximum Gasteiger partial charge on any atom is 0.408 e. The summed E-state index contributed by atoms with van der Waals surface area (Å²) >= 11 is 17.2. The van der Waals surface area contributed by atoms with Crippen molar-refractivity contribution >= 4 is 89.9 Å². The van der Waals surface area contributed by atoms with Gasteiger partial charge in [0.2, 0.25) is 3.79 Å². The molecular formula is C46H66Cl3N5O9Si. The normalized spacial score (nSPS) is 22.6. The molecule has 0 spiro atoms. The van der Waals surface area contributed by atoms with Crippen molar-refractivity contribution in [3.05, 3.63) is 47.7 Å². The fourth-order valence-electron chi connectivity index (χ4n) is 7.52. The highest BCUT2D eigenvalue weighted by molar-refractivity contribution is 6.74. The van der Waals surface area contributed by atoms with Crippen LogP contribution in [0.1, 0.15) is 124 Å². The van der Waals surface area contributed by atoms with Crippen molar-refractivity contribution < 1.29 is 42.6 Å². The number of alkyl carbamates (subject to hydrolysis) is 1. The van der Waals surface area contributed by atoms with Crippen LogP contribution in [0.15, 0.2) is 36.4 Å². The van der Waals surface area contributed by atoms with Crippen LogP contribution in [0.3, 0.4) is 0 Å². The fraction of sp³-hybridized carbons (Fsp3) is 0.652. The van der Waals surface area contributed by atoms with Crippen molar-refractivity contribution in [2.75, 3.05) is 13.2 Å². The summed E-state index contributed by atoms with van der Waals surface area (Å²) in [4.78, 5) is 72.1. The second-order valence-electron chi connectivity index (χ2n) is 20.1. The maximum absolute atomic E-state index is 14.6. The molecule has 14 nitrogen and oxygen atoms in total. The zero-order chi connectivity index (χ0) is 47.4. The zero-order valence-electron chi connectivity index (χ0n) is 38.8. The lowest BCUT2D eigenvalue weighted by Crippen LogP contribution is -2.60. The summed E-state index contributed by atoms with van der Waals surface area (Å²) in [6, 6.07) is 7.40. The predicted molar refractivity (Wildman–Crippen MR) is 251 cm³/mol. The summed E-state index contributed by atoms with van der Waals surface area (Å²) < 4.78 is 21.8. The van der Waals surface area contributed by atoms with Gasteiger partial charge in [0.05, 0.1) is 22.7 Å². The number of carbonyl (C=O) groups excluding carboxylic acids is 5. The molecule has 3 N–H and O–H groups in total. The molecule has 0 bridgehead atoms. The average Bonchev–Trinajstić information content (AvgIpc) is 4.05. The molecule has 3 aliphatic rings. The molecule has 2 aliphatic carbocycles. The Bertz CT molecular complexity index is 2060. The summed E-state index contributed by atoms with van der Waals surface area (Å²) in [7, 11) is -2.10. The van der Waals surface area contributed by atoms with Crippen LogP contribution < -0.4 is 16.1 Å². The third-order valence-electron chi connectivity index (χ3n) is 12.4. The molecule has 0 radical (unpaired) electrons. The van der Waals surface area contributed by atoms with Gasteiger partial charge in [-0.3, -0.25) is 29.2 Å². The first-order chi connectivity index (χ1) is 29.6. The van der Waals surface area contributed by atoms with Crippen molar-refractivity contribution in [2.24, 2.45) is 11.3 Å². The number of halogens is 3. The average molecular weight is 968 g/mol. The standard InChI is InChI=1S/C46H66Cl3N5O9Si/c1-28(51-42(59)62-43(3,4)5)34-18-17-31-14-13-30(26-36(31)52-34)19-22-45(23-20-33(21-24-45)63-64(9,10)44(6,7)8)41(58)61-37(32-15-16-32)38(55)50-29(2)39(56)54-25-11-12-35(53-54)40(57)60-27-46(47,48)49/h13-14,17-19,22,26,28-29,32-33,35,37,53H,11-12,15-16,20-21,23-25,27H2,1-10H3,(H,50,55)(H,51,59)/b22-19+/t28-,29+,33?,35+,37?,45?/m1/s1. The summed E-state index contributed by atoms with van der Waals surface area (Å²) in [5, 5.41) is 7.83. The SMILES string of the molecule is C[C@H](NC(=O)C(OC(=O)C1(/C=C/c2ccc3ccc([C@@H](C)NC(=O)OC(C)(C)C)nc3c2)CCC(O[Si](C)(C)C(C)(C)C)CC1)C1CC1)C(=O)N1CCC[C@@H](C(=O)OCC(Cl)(Cl)Cl)N1. The first-order valence-corrected chi connectivity index (χ1v) is 26.3. The summed E-state index contributed by atoms with van der Waals surface area (Å²) in [5.74, 6) is -2.40. The van der Waals surface area contributed by atoms with E-state index in [0.717, 1.165) is 10.9 Å². The second kappa shape index (κ2) is 20.6. The van der Waals surface area contributed by atoms with Crippen LogP contribution in [0.25, 0.3) is 17.0 Å². The number of nitrogens with zero attached hydrogens (tertiary/aromatic N) is 2. The lowest BCUT2D eigenvalue weighted by Gasteiger charge is -2.43. The number of carbonyl (C=O) groups is 5. The molecule has 2 saturated carbocycles. The number of hydrazine groups is 1. The molecule has 4 atom stereocenters. The van der Waals surface area contributed by atoms with E-state index in [2.05, 4.69) is 49.9 Å². The van der Waals surface area contributed by atoms with E-state index in [0.29, 0.717) is 69.1 Å². The predicted octanol–water partition coefficient (Wildman–Crippen LogP) is 9.02. The van der Waals surface area contributed by atoms with Gasteiger partial charge >= 0.3 is 18.0 Å². The van der Waals surface area contributed by atoms with Gasteiger partial charge in [-0.25, -0.2) is 10.2 Å². The summed E-state index contributed by atoms with van der Waals surface area (Å²) in [6.07, 6.45) is 6.60. The number of hydrogen-bond donors (Lipinski definition) is 3. The fourth-order valence-corrected chi connectivity index (χ4v) is 9.11. The third-order valence-corrected chi connectivity index (χ3v) is 17.3. The van der Waals surface area contributed by atoms with E-state index < -0.39 is 83.8 Å². The topological polar surface area (TPSA) is 174 Å². The Hall–Kier alpha value is -3.47. The van der Waals surface area contributed by atoms with Crippen molar-refractivity contribution in [3.8, 4) is 0 Å². The minimum atomic E-state index is -2.10. The Kier molecular flexibility index (Phi) is 16.6. The number of esters is 2. The number of alkyl halides is 3. The van der Waals surface area contributed by atoms with Crippen LogP contribution in [0.5, 0.6) is 0 Å². The van der Waals surface area contributed by atoms with Gasteiger partial charge in [0.15, 0.2) is 14.4 Å². The molecule has 3 amide bonds. The number of rotatable bonds is 14. The highest BCUT2D eigenvalue weighted by atomic mass is 35.6. The summed E-state index contributed by atoms with van der Waals surface area (Å²) in [6.45, 7) is 19.7. The first-order valence-electron chi connectivity index (χ1n) is 22.2. The Balaban J connectivity index is 1.32. The van der Waals surface area contributed by atoms with Crippen molar-refractivity contribution in [1.82, 2.24) is 26.1 Å². The van der Waals surface area contributed by atoms with Gasteiger partial charge in [0.25, 0.3) is 11.8 Å². The number of amides is 3. The molecule has 64 heavy (non-hydrogen) atoms. The van der Waals surface area contributed by atoms with Crippen molar-refractivity contribution in [3.63, 3.8) is 0 Å². The lowest BCUT2D eigenvalue weighted by atomic mass is 9.72. The van der Waals surface area contributed by atoms with E-state index in [-0.39, 0.29) is 17.1 Å². The number of pyridine rings is 1. The highest BCUT2D eigenvalue weighted by Crippen LogP contribution is 2.45. The van der Waals surface area contributed by atoms with E-state index in [1.54, 1.807) is 27.7 Å². The van der Waals surface area contributed by atoms with E-state index in [1.165, 1.54) is 5.01 Å². The van der Waals surface area contributed by atoms with Crippen molar-refractivity contribution in [1.29, 1.82) is 0 Å². The number of aromatic nitrogens is 1. The van der Waals surface area contributed by atoms with Crippen LogP contribution in [0, 0.1) is 11.3 Å². The maximum atomic E-state index is 14.6. The quantitative estimate of drug-likeness (QED) is 0.0714. The number of hydrogen-bond acceptors (Lipinski definition) is 11. The third kappa shape index (κ3) is 14.3. The van der Waals surface area contributed by atoms with E-state index in [1.807, 2.05) is 49.4 Å². The molecule has 5 rings (SSSR count). The number of nitrogens with one attached hydrogen (secondary N) is 3. The van der Waals surface area contributed by atoms with Crippen LogP contribution >= 0.6 is 34.8 Å². The monoisotopic (exact) mass is 965 g/mol. The minimum Gasteiger partial charge on any atom is -0.460 e. The highest BCUT2D eigenvalue weighted by Gasteiger charge is 2.48.